The first kappa shape index (κ1) is 11.7. The summed E-state index contributed by atoms with van der Waals surface area (Å²) in [6.07, 6.45) is 2.56. The third-order valence-electron chi connectivity index (χ3n) is 3.95. The first-order valence-corrected chi connectivity index (χ1v) is 6.37. The van der Waals surface area contributed by atoms with Gasteiger partial charge in [0.15, 0.2) is 0 Å². The van der Waals surface area contributed by atoms with E-state index >= 15 is 0 Å². The van der Waals surface area contributed by atoms with Crippen LogP contribution in [0.3, 0.4) is 0 Å². The molecule has 1 aliphatic rings. The average molecular weight is 216 g/mol. The summed E-state index contributed by atoms with van der Waals surface area (Å²) in [5.74, 6) is 0. The van der Waals surface area contributed by atoms with Crippen molar-refractivity contribution in [2.24, 2.45) is 0 Å². The lowest BCUT2D eigenvalue weighted by Gasteiger charge is -2.31. The summed E-state index contributed by atoms with van der Waals surface area (Å²) in [6, 6.07) is 4.65. The van der Waals surface area contributed by atoms with Gasteiger partial charge >= 0.3 is 0 Å². The van der Waals surface area contributed by atoms with Gasteiger partial charge in [0, 0.05) is 0 Å². The van der Waals surface area contributed by atoms with Crippen molar-refractivity contribution in [1.82, 2.24) is 0 Å². The van der Waals surface area contributed by atoms with E-state index in [0.717, 1.165) is 0 Å². The third kappa shape index (κ3) is 1.69. The molecule has 16 heavy (non-hydrogen) atoms. The SMILES string of the molecule is Cc1ccc2c(c1C(C)(C)C)C(C)(C)CC2. The number of hydrogen-bond acceptors (Lipinski definition) is 0. The van der Waals surface area contributed by atoms with E-state index in [1.54, 1.807) is 16.7 Å². The lowest BCUT2D eigenvalue weighted by Crippen LogP contribution is -2.23. The number of rotatable bonds is 0. The number of benzene rings is 1. The second-order valence-electron chi connectivity index (χ2n) is 6.93. The Morgan fingerprint density at radius 2 is 1.75 bits per heavy atom. The summed E-state index contributed by atoms with van der Waals surface area (Å²) in [4.78, 5) is 0. The zero-order valence-corrected chi connectivity index (χ0v) is 11.6. The van der Waals surface area contributed by atoms with Crippen LogP contribution in [0.1, 0.15) is 63.3 Å². The highest BCUT2D eigenvalue weighted by Crippen LogP contribution is 2.45. The molecule has 0 atom stereocenters. The predicted octanol–water partition coefficient (Wildman–Crippen LogP) is 4.52. The van der Waals surface area contributed by atoms with Crippen LogP contribution < -0.4 is 0 Å². The molecule has 88 valence electrons. The van der Waals surface area contributed by atoms with Gasteiger partial charge in [-0.05, 0) is 52.8 Å². The van der Waals surface area contributed by atoms with Crippen LogP contribution in [0, 0.1) is 6.92 Å². The number of aryl methyl sites for hydroxylation is 2. The van der Waals surface area contributed by atoms with Gasteiger partial charge in [-0.3, -0.25) is 0 Å². The van der Waals surface area contributed by atoms with Gasteiger partial charge in [-0.25, -0.2) is 0 Å². The van der Waals surface area contributed by atoms with E-state index in [0.29, 0.717) is 5.41 Å². The molecule has 0 amide bonds. The fourth-order valence-electron chi connectivity index (χ4n) is 3.27. The van der Waals surface area contributed by atoms with Crippen molar-refractivity contribution in [2.75, 3.05) is 0 Å². The summed E-state index contributed by atoms with van der Waals surface area (Å²) in [5.41, 5.74) is 6.90. The van der Waals surface area contributed by atoms with E-state index in [9.17, 15) is 0 Å². The molecule has 0 heteroatoms. The van der Waals surface area contributed by atoms with E-state index in [4.69, 9.17) is 0 Å². The Hall–Kier alpha value is -0.780. The normalized spacial score (nSPS) is 18.6. The van der Waals surface area contributed by atoms with Crippen molar-refractivity contribution in [3.8, 4) is 0 Å². The minimum atomic E-state index is 0.261. The van der Waals surface area contributed by atoms with Crippen LogP contribution in [0.15, 0.2) is 12.1 Å². The van der Waals surface area contributed by atoms with E-state index < -0.39 is 0 Å². The fourth-order valence-corrected chi connectivity index (χ4v) is 3.27. The summed E-state index contributed by atoms with van der Waals surface area (Å²) >= 11 is 0. The number of hydrogen-bond donors (Lipinski definition) is 0. The lowest BCUT2D eigenvalue weighted by atomic mass is 9.73. The molecule has 1 aliphatic carbocycles. The molecular weight excluding hydrogens is 192 g/mol. The second-order valence-corrected chi connectivity index (χ2v) is 6.93. The van der Waals surface area contributed by atoms with Crippen molar-refractivity contribution >= 4 is 0 Å². The monoisotopic (exact) mass is 216 g/mol. The molecule has 0 saturated heterocycles. The minimum Gasteiger partial charge on any atom is -0.0587 e. The molecule has 0 nitrogen and oxygen atoms in total. The van der Waals surface area contributed by atoms with Crippen LogP contribution >= 0.6 is 0 Å². The highest BCUT2D eigenvalue weighted by molar-refractivity contribution is 5.50. The molecule has 0 spiro atoms. The van der Waals surface area contributed by atoms with E-state index in [1.165, 1.54) is 18.4 Å². The van der Waals surface area contributed by atoms with Crippen molar-refractivity contribution in [1.29, 1.82) is 0 Å². The average Bonchev–Trinajstić information content (AvgIpc) is 2.41. The molecule has 1 aromatic rings. The maximum absolute atomic E-state index is 2.40. The van der Waals surface area contributed by atoms with Gasteiger partial charge < -0.3 is 0 Å². The first-order chi connectivity index (χ1) is 7.23. The Balaban J connectivity index is 2.74. The molecule has 0 unspecified atom stereocenters. The highest BCUT2D eigenvalue weighted by atomic mass is 14.4. The summed E-state index contributed by atoms with van der Waals surface area (Å²) in [5, 5.41) is 0. The van der Waals surface area contributed by atoms with Crippen molar-refractivity contribution in [3.05, 3.63) is 34.4 Å². The smallest absolute Gasteiger partial charge is 0.00946 e. The van der Waals surface area contributed by atoms with Gasteiger partial charge in [-0.2, -0.15) is 0 Å². The van der Waals surface area contributed by atoms with Gasteiger partial charge in [-0.15, -0.1) is 0 Å². The molecule has 2 rings (SSSR count). The molecule has 0 radical (unpaired) electrons. The molecular formula is C16H24. The third-order valence-corrected chi connectivity index (χ3v) is 3.95. The molecule has 1 aromatic carbocycles. The molecule has 0 saturated carbocycles. The molecule has 0 heterocycles. The van der Waals surface area contributed by atoms with Gasteiger partial charge in [0.1, 0.15) is 0 Å². The zero-order valence-electron chi connectivity index (χ0n) is 11.6. The second kappa shape index (κ2) is 3.35. The minimum absolute atomic E-state index is 0.261. The largest absolute Gasteiger partial charge is 0.0587 e. The van der Waals surface area contributed by atoms with E-state index in [2.05, 4.69) is 53.7 Å². The topological polar surface area (TPSA) is 0 Å². The summed E-state index contributed by atoms with van der Waals surface area (Å²) in [6.45, 7) is 14.1. The van der Waals surface area contributed by atoms with Crippen LogP contribution in [0.4, 0.5) is 0 Å². The number of fused-ring (bicyclic) bond motifs is 1. The Morgan fingerprint density at radius 3 is 2.31 bits per heavy atom. The van der Waals surface area contributed by atoms with Crippen molar-refractivity contribution < 1.29 is 0 Å². The van der Waals surface area contributed by atoms with Gasteiger partial charge in [0.05, 0.1) is 0 Å². The maximum atomic E-state index is 2.40. The van der Waals surface area contributed by atoms with Crippen molar-refractivity contribution in [3.63, 3.8) is 0 Å². The van der Waals surface area contributed by atoms with Crippen LogP contribution in [-0.2, 0) is 17.3 Å². The summed E-state index contributed by atoms with van der Waals surface area (Å²) in [7, 11) is 0. The molecule has 0 fully saturated rings. The van der Waals surface area contributed by atoms with E-state index in [-0.39, 0.29) is 5.41 Å². The van der Waals surface area contributed by atoms with Crippen LogP contribution in [0.2, 0.25) is 0 Å². The fraction of sp³-hybridized carbons (Fsp3) is 0.625. The van der Waals surface area contributed by atoms with Crippen molar-refractivity contribution in [2.45, 2.75) is 65.2 Å². The highest BCUT2D eigenvalue weighted by Gasteiger charge is 2.35. The first-order valence-electron chi connectivity index (χ1n) is 6.37. The molecule has 0 aliphatic heterocycles. The Bertz CT molecular complexity index is 416. The summed E-state index contributed by atoms with van der Waals surface area (Å²) < 4.78 is 0. The Labute approximate surface area is 100 Å². The quantitative estimate of drug-likeness (QED) is 0.598. The predicted molar refractivity (Wildman–Crippen MR) is 71.2 cm³/mol. The molecule has 0 aromatic heterocycles. The maximum Gasteiger partial charge on any atom is -0.00946 e. The van der Waals surface area contributed by atoms with Crippen LogP contribution in [-0.4, -0.2) is 0 Å². The standard InChI is InChI=1S/C16H24/c1-11-7-8-12-9-10-16(5,6)14(12)13(11)15(2,3)4/h7-8H,9-10H2,1-6H3. The van der Waals surface area contributed by atoms with Crippen LogP contribution in [0.5, 0.6) is 0 Å². The van der Waals surface area contributed by atoms with E-state index in [1.807, 2.05) is 0 Å². The molecule has 0 N–H and O–H groups in total. The van der Waals surface area contributed by atoms with Gasteiger partial charge in [-0.1, -0.05) is 46.8 Å². The Kier molecular flexibility index (Phi) is 2.45. The zero-order chi connectivity index (χ0) is 12.1. The van der Waals surface area contributed by atoms with Gasteiger partial charge in [0.2, 0.25) is 0 Å². The van der Waals surface area contributed by atoms with Gasteiger partial charge in [0.25, 0.3) is 0 Å². The lowest BCUT2D eigenvalue weighted by molar-refractivity contribution is 0.495. The molecule has 0 bridgehead atoms. The van der Waals surface area contributed by atoms with Crippen LogP contribution in [0.25, 0.3) is 0 Å². The Morgan fingerprint density at radius 1 is 1.12 bits per heavy atom.